The lowest BCUT2D eigenvalue weighted by Gasteiger charge is -2.20. The van der Waals surface area contributed by atoms with Crippen molar-refractivity contribution in [2.75, 3.05) is 0 Å². The number of carbonyl (C=O) groups is 1. The fraction of sp³-hybridized carbons (Fsp3) is 0.333. The molecule has 1 aromatic heterocycles. The Morgan fingerprint density at radius 2 is 1.81 bits per heavy atom. The minimum absolute atomic E-state index is 0.00356. The fourth-order valence-electron chi connectivity index (χ4n) is 4.02. The van der Waals surface area contributed by atoms with Crippen molar-refractivity contribution >= 4 is 23.4 Å². The van der Waals surface area contributed by atoms with Gasteiger partial charge in [-0.3, -0.25) is 14.9 Å². The third-order valence-electron chi connectivity index (χ3n) is 5.63. The van der Waals surface area contributed by atoms with Crippen molar-refractivity contribution in [3.63, 3.8) is 0 Å². The largest absolute Gasteiger partial charge is 0.406 e. The Balaban J connectivity index is 1.69. The molecule has 1 heterocycles. The molecule has 32 heavy (non-hydrogen) atoms. The van der Waals surface area contributed by atoms with E-state index >= 15 is 0 Å². The number of para-hydroxylation sites is 2. The number of nitrogens with zero attached hydrogens (tertiary/aromatic N) is 3. The van der Waals surface area contributed by atoms with Gasteiger partial charge in [0, 0.05) is 12.5 Å². The summed E-state index contributed by atoms with van der Waals surface area (Å²) in [4.78, 5) is 25.0. The molecule has 0 bridgehead atoms. The molecule has 7 nitrogen and oxygen atoms in total. The Bertz CT molecular complexity index is 1110. The number of nitro groups is 1. The Morgan fingerprint density at radius 1 is 1.12 bits per heavy atom. The number of hydrogen-bond donors (Lipinski definition) is 0. The standard InChI is InChI=1S/C24H25N3O4S/c1-17-23(32-21-15-9-8-14-20(21)27(29)30)24(26(25-17)19-12-6-3-7-13-19)31-22(28)16-18-10-4-2-5-11-18/h3,6-9,12-15,18H,2,4-5,10-11,16H2,1H3. The summed E-state index contributed by atoms with van der Waals surface area (Å²) in [7, 11) is 0. The maximum atomic E-state index is 12.9. The van der Waals surface area contributed by atoms with Crippen LogP contribution in [0.1, 0.15) is 44.2 Å². The molecule has 0 saturated heterocycles. The van der Waals surface area contributed by atoms with Crippen molar-refractivity contribution in [3.8, 4) is 11.6 Å². The smallest absolute Gasteiger partial charge is 0.312 e. The summed E-state index contributed by atoms with van der Waals surface area (Å²) < 4.78 is 7.50. The van der Waals surface area contributed by atoms with Gasteiger partial charge in [0.2, 0.25) is 5.88 Å². The summed E-state index contributed by atoms with van der Waals surface area (Å²) >= 11 is 1.20. The van der Waals surface area contributed by atoms with Crippen LogP contribution in [0.5, 0.6) is 5.88 Å². The average molecular weight is 452 g/mol. The molecule has 1 aliphatic carbocycles. The van der Waals surface area contributed by atoms with Crippen LogP contribution in [0.15, 0.2) is 64.4 Å². The van der Waals surface area contributed by atoms with Gasteiger partial charge in [0.15, 0.2) is 0 Å². The predicted octanol–water partition coefficient (Wildman–Crippen LogP) is 6.12. The monoisotopic (exact) mass is 451 g/mol. The second-order valence-corrected chi connectivity index (χ2v) is 9.03. The molecule has 1 saturated carbocycles. The van der Waals surface area contributed by atoms with Crippen LogP contribution in [-0.4, -0.2) is 20.7 Å². The Kier molecular flexibility index (Phi) is 6.90. The Labute approximate surface area is 190 Å². The van der Waals surface area contributed by atoms with E-state index in [0.717, 1.165) is 31.4 Å². The highest BCUT2D eigenvalue weighted by Crippen LogP contribution is 2.42. The zero-order valence-electron chi connectivity index (χ0n) is 17.9. The maximum absolute atomic E-state index is 12.9. The minimum Gasteiger partial charge on any atom is -0.406 e. The van der Waals surface area contributed by atoms with Crippen LogP contribution in [0.4, 0.5) is 5.69 Å². The van der Waals surface area contributed by atoms with Crippen LogP contribution in [0.25, 0.3) is 5.69 Å². The number of ether oxygens (including phenoxy) is 1. The molecule has 1 aliphatic rings. The first-order chi connectivity index (χ1) is 15.5. The van der Waals surface area contributed by atoms with Gasteiger partial charge in [-0.1, -0.05) is 61.4 Å². The van der Waals surface area contributed by atoms with E-state index in [1.54, 1.807) is 22.9 Å². The summed E-state index contributed by atoms with van der Waals surface area (Å²) in [6.07, 6.45) is 5.99. The number of aromatic nitrogens is 2. The first-order valence-electron chi connectivity index (χ1n) is 10.8. The number of benzene rings is 2. The summed E-state index contributed by atoms with van der Waals surface area (Å²) in [6.45, 7) is 1.81. The van der Waals surface area contributed by atoms with Gasteiger partial charge in [-0.25, -0.2) is 0 Å². The van der Waals surface area contributed by atoms with Gasteiger partial charge < -0.3 is 4.74 Å². The van der Waals surface area contributed by atoms with E-state index in [4.69, 9.17) is 4.74 Å². The summed E-state index contributed by atoms with van der Waals surface area (Å²) in [5.74, 6) is 0.354. The summed E-state index contributed by atoms with van der Waals surface area (Å²) in [6, 6.07) is 16.0. The molecule has 0 N–H and O–H groups in total. The van der Waals surface area contributed by atoms with E-state index in [2.05, 4.69) is 5.10 Å². The highest BCUT2D eigenvalue weighted by Gasteiger charge is 2.26. The molecule has 4 rings (SSSR count). The number of hydrogen-bond acceptors (Lipinski definition) is 6. The molecular weight excluding hydrogens is 426 g/mol. The molecule has 0 aliphatic heterocycles. The number of aryl methyl sites for hydroxylation is 1. The molecular formula is C24H25N3O4S. The first-order valence-corrected chi connectivity index (χ1v) is 11.6. The van der Waals surface area contributed by atoms with Gasteiger partial charge in [-0.2, -0.15) is 9.78 Å². The van der Waals surface area contributed by atoms with Gasteiger partial charge >= 0.3 is 5.97 Å². The van der Waals surface area contributed by atoms with Crippen LogP contribution in [0.2, 0.25) is 0 Å². The van der Waals surface area contributed by atoms with E-state index in [1.807, 2.05) is 37.3 Å². The van der Waals surface area contributed by atoms with Gasteiger partial charge in [0.25, 0.3) is 5.69 Å². The van der Waals surface area contributed by atoms with E-state index in [9.17, 15) is 14.9 Å². The molecule has 2 aromatic carbocycles. The van der Waals surface area contributed by atoms with Gasteiger partial charge in [-0.15, -0.1) is 0 Å². The number of carbonyl (C=O) groups excluding carboxylic acids is 1. The number of esters is 1. The van der Waals surface area contributed by atoms with Crippen molar-refractivity contribution in [1.82, 2.24) is 9.78 Å². The lowest BCUT2D eigenvalue weighted by Crippen LogP contribution is -2.18. The third-order valence-corrected chi connectivity index (χ3v) is 6.87. The Hall–Kier alpha value is -3.13. The van der Waals surface area contributed by atoms with Crippen LogP contribution in [0.3, 0.4) is 0 Å². The quantitative estimate of drug-likeness (QED) is 0.244. The van der Waals surface area contributed by atoms with E-state index in [-0.39, 0.29) is 11.7 Å². The molecule has 0 spiro atoms. The van der Waals surface area contributed by atoms with Gasteiger partial charge in [-0.05, 0) is 43.9 Å². The summed E-state index contributed by atoms with van der Waals surface area (Å²) in [5, 5.41) is 16.1. The molecule has 0 unspecified atom stereocenters. The first kappa shape index (κ1) is 22.1. The third kappa shape index (κ3) is 5.02. The topological polar surface area (TPSA) is 87.3 Å². The lowest BCUT2D eigenvalue weighted by molar-refractivity contribution is -0.387. The van der Waals surface area contributed by atoms with Crippen molar-refractivity contribution in [1.29, 1.82) is 0 Å². The second-order valence-electron chi connectivity index (χ2n) is 7.98. The number of rotatable bonds is 7. The van der Waals surface area contributed by atoms with Crippen molar-refractivity contribution in [2.24, 2.45) is 5.92 Å². The van der Waals surface area contributed by atoms with E-state index < -0.39 is 4.92 Å². The van der Waals surface area contributed by atoms with E-state index in [1.165, 1.54) is 24.2 Å². The van der Waals surface area contributed by atoms with Crippen molar-refractivity contribution in [2.45, 2.75) is 55.2 Å². The van der Waals surface area contributed by atoms with Crippen molar-refractivity contribution in [3.05, 3.63) is 70.4 Å². The SMILES string of the molecule is Cc1nn(-c2ccccc2)c(OC(=O)CC2CCCCC2)c1Sc1ccccc1[N+](=O)[O-]. The van der Waals surface area contributed by atoms with Gasteiger partial charge in [0.05, 0.1) is 26.1 Å². The molecule has 8 heteroatoms. The normalized spacial score (nSPS) is 14.3. The zero-order chi connectivity index (χ0) is 22.5. The van der Waals surface area contributed by atoms with Gasteiger partial charge in [0.1, 0.15) is 0 Å². The highest BCUT2D eigenvalue weighted by atomic mass is 32.2. The van der Waals surface area contributed by atoms with Crippen LogP contribution >= 0.6 is 11.8 Å². The van der Waals surface area contributed by atoms with E-state index in [0.29, 0.717) is 33.7 Å². The Morgan fingerprint density at radius 3 is 2.53 bits per heavy atom. The van der Waals surface area contributed by atoms with Crippen LogP contribution < -0.4 is 4.74 Å². The molecule has 3 aromatic rings. The molecule has 1 fully saturated rings. The maximum Gasteiger partial charge on any atom is 0.312 e. The minimum atomic E-state index is -0.409. The summed E-state index contributed by atoms with van der Waals surface area (Å²) in [5.41, 5.74) is 1.40. The molecule has 0 amide bonds. The average Bonchev–Trinajstić information content (AvgIpc) is 3.10. The lowest BCUT2D eigenvalue weighted by atomic mass is 9.87. The van der Waals surface area contributed by atoms with Crippen LogP contribution in [-0.2, 0) is 4.79 Å². The molecule has 166 valence electrons. The highest BCUT2D eigenvalue weighted by molar-refractivity contribution is 7.99. The van der Waals surface area contributed by atoms with Crippen molar-refractivity contribution < 1.29 is 14.5 Å². The predicted molar refractivity (Wildman–Crippen MR) is 122 cm³/mol. The second kappa shape index (κ2) is 9.99. The zero-order valence-corrected chi connectivity index (χ0v) is 18.7. The van der Waals surface area contributed by atoms with Crippen LogP contribution in [0, 0.1) is 23.0 Å². The molecule has 0 radical (unpaired) electrons. The molecule has 0 atom stereocenters. The number of nitro benzene ring substituents is 1. The fourth-order valence-corrected chi connectivity index (χ4v) is 5.04.